The number of aliphatic hydroxyl groups is 1. The summed E-state index contributed by atoms with van der Waals surface area (Å²) in [6.45, 7) is 4.96. The molecule has 2 amide bonds. The van der Waals surface area contributed by atoms with Crippen LogP contribution in [0, 0.1) is 0 Å². The van der Waals surface area contributed by atoms with E-state index in [0.29, 0.717) is 48.4 Å². The van der Waals surface area contributed by atoms with Gasteiger partial charge in [0.1, 0.15) is 17.7 Å². The number of rotatable bonds is 10. The highest BCUT2D eigenvalue weighted by Gasteiger charge is 2.39. The Hall–Kier alpha value is -3.10. The van der Waals surface area contributed by atoms with Crippen LogP contribution in [0.15, 0.2) is 54.1 Å². The zero-order valence-electron chi connectivity index (χ0n) is 20.0. The van der Waals surface area contributed by atoms with Gasteiger partial charge in [0.05, 0.1) is 17.3 Å². The minimum atomic E-state index is -0.390. The topological polar surface area (TPSA) is 89.0 Å². The number of nitrogens with zero attached hydrogens (tertiary/aromatic N) is 4. The second-order valence-electron chi connectivity index (χ2n) is 8.68. The molecule has 1 aliphatic heterocycles. The van der Waals surface area contributed by atoms with Crippen LogP contribution in [0.1, 0.15) is 49.2 Å². The first-order valence-electron chi connectivity index (χ1n) is 11.3. The van der Waals surface area contributed by atoms with Crippen molar-refractivity contribution in [2.45, 2.75) is 38.9 Å². The average molecular weight is 486 g/mol. The predicted molar refractivity (Wildman–Crippen MR) is 131 cm³/mol. The maximum atomic E-state index is 13.6. The van der Waals surface area contributed by atoms with Crippen LogP contribution in [0.5, 0.6) is 0 Å². The van der Waals surface area contributed by atoms with E-state index in [1.807, 2.05) is 23.1 Å². The number of likely N-dealkylation sites (N-methyl/N-ethyl adjacent to an activating group) is 1. The fraction of sp³-hybridized carbons (Fsp3) is 0.400. The Kier molecular flexibility index (Phi) is 8.52. The summed E-state index contributed by atoms with van der Waals surface area (Å²) in [6.07, 6.45) is 2.32. The van der Waals surface area contributed by atoms with Gasteiger partial charge in [0.25, 0.3) is 5.91 Å². The molecule has 9 heteroatoms. The quantitative estimate of drug-likeness (QED) is 0.503. The molecule has 1 atom stereocenters. The molecule has 34 heavy (non-hydrogen) atoms. The molecule has 2 aromatic rings. The van der Waals surface area contributed by atoms with E-state index in [0.717, 1.165) is 11.3 Å². The van der Waals surface area contributed by atoms with Crippen LogP contribution in [0.25, 0.3) is 0 Å². The van der Waals surface area contributed by atoms with E-state index in [9.17, 15) is 14.7 Å². The third-order valence-electron chi connectivity index (χ3n) is 5.82. The van der Waals surface area contributed by atoms with Gasteiger partial charge in [-0.25, -0.2) is 0 Å². The van der Waals surface area contributed by atoms with Gasteiger partial charge >= 0.3 is 0 Å². The lowest BCUT2D eigenvalue weighted by atomic mass is 9.99. The average Bonchev–Trinajstić information content (AvgIpc) is 3.21. The number of carbonyl (C=O) groups excluding carboxylic acids is 2. The van der Waals surface area contributed by atoms with Crippen LogP contribution in [0.2, 0.25) is 5.02 Å². The Morgan fingerprint density at radius 3 is 2.68 bits per heavy atom. The summed E-state index contributed by atoms with van der Waals surface area (Å²) in [5.74, 6) is 0.509. The second-order valence-corrected chi connectivity index (χ2v) is 9.12. The molecule has 1 aromatic carbocycles. The zero-order valence-corrected chi connectivity index (χ0v) is 20.8. The van der Waals surface area contributed by atoms with Gasteiger partial charge in [-0.3, -0.25) is 14.6 Å². The van der Waals surface area contributed by atoms with Gasteiger partial charge in [0, 0.05) is 33.4 Å². The van der Waals surface area contributed by atoms with Crippen LogP contribution in [0.4, 0.5) is 0 Å². The highest BCUT2D eigenvalue weighted by atomic mass is 35.5. The van der Waals surface area contributed by atoms with Crippen LogP contribution < -0.4 is 5.32 Å². The number of aliphatic hydroxyl groups excluding tert-OH is 1. The molecular formula is C25H32ClN5O3. The molecular weight excluding hydrogens is 454 g/mol. The summed E-state index contributed by atoms with van der Waals surface area (Å²) in [7, 11) is 3.30. The van der Waals surface area contributed by atoms with Crippen molar-refractivity contribution in [1.29, 1.82) is 0 Å². The zero-order chi connectivity index (χ0) is 24.8. The molecule has 0 saturated heterocycles. The molecule has 0 fully saturated rings. The molecule has 182 valence electrons. The second kappa shape index (κ2) is 11.4. The van der Waals surface area contributed by atoms with Gasteiger partial charge in [-0.2, -0.15) is 0 Å². The lowest BCUT2D eigenvalue weighted by Gasteiger charge is -2.30. The van der Waals surface area contributed by atoms with Gasteiger partial charge < -0.3 is 25.1 Å². The number of amides is 2. The molecule has 0 aliphatic carbocycles. The van der Waals surface area contributed by atoms with E-state index < -0.39 is 6.17 Å². The normalized spacial score (nSPS) is 15.5. The largest absolute Gasteiger partial charge is 0.396 e. The van der Waals surface area contributed by atoms with E-state index >= 15 is 0 Å². The molecule has 3 rings (SSSR count). The van der Waals surface area contributed by atoms with Crippen LogP contribution >= 0.6 is 11.6 Å². The first-order valence-corrected chi connectivity index (χ1v) is 11.7. The van der Waals surface area contributed by atoms with Crippen LogP contribution in [-0.4, -0.2) is 64.4 Å². The van der Waals surface area contributed by atoms with Crippen molar-refractivity contribution in [1.82, 2.24) is 25.0 Å². The molecule has 0 spiro atoms. The minimum Gasteiger partial charge on any atom is -0.396 e. The molecule has 0 saturated carbocycles. The van der Waals surface area contributed by atoms with Gasteiger partial charge in [0.15, 0.2) is 0 Å². The summed E-state index contributed by atoms with van der Waals surface area (Å²) in [5.41, 5.74) is 3.24. The molecule has 0 bridgehead atoms. The molecule has 2 heterocycles. The monoisotopic (exact) mass is 485 g/mol. The Bertz CT molecular complexity index is 1040. The Labute approximate surface area is 205 Å². The van der Waals surface area contributed by atoms with Crippen molar-refractivity contribution in [3.05, 3.63) is 76.0 Å². The fourth-order valence-electron chi connectivity index (χ4n) is 3.87. The number of benzene rings is 1. The van der Waals surface area contributed by atoms with Gasteiger partial charge in [-0.15, -0.1) is 0 Å². The SMILES string of the molecule is CC(C)c1cccc(C2NC(N(C)C=O)=C(C(=O)N(C)CCCO)N2Cc2ccc(Cl)cn2)c1. The Balaban J connectivity index is 2.09. The van der Waals surface area contributed by atoms with Crippen molar-refractivity contribution < 1.29 is 14.7 Å². The van der Waals surface area contributed by atoms with Crippen LogP contribution in [-0.2, 0) is 16.1 Å². The van der Waals surface area contributed by atoms with E-state index in [2.05, 4.69) is 36.3 Å². The van der Waals surface area contributed by atoms with Crippen LogP contribution in [0.3, 0.4) is 0 Å². The summed E-state index contributed by atoms with van der Waals surface area (Å²) in [4.78, 5) is 34.6. The van der Waals surface area contributed by atoms with Crippen molar-refractivity contribution in [2.75, 3.05) is 27.2 Å². The predicted octanol–water partition coefficient (Wildman–Crippen LogP) is 3.06. The Morgan fingerprint density at radius 2 is 2.06 bits per heavy atom. The number of carbonyl (C=O) groups is 2. The van der Waals surface area contributed by atoms with E-state index in [-0.39, 0.29) is 12.5 Å². The van der Waals surface area contributed by atoms with Crippen molar-refractivity contribution in [3.63, 3.8) is 0 Å². The lowest BCUT2D eigenvalue weighted by molar-refractivity contribution is -0.128. The molecule has 1 aromatic heterocycles. The third kappa shape index (κ3) is 5.69. The van der Waals surface area contributed by atoms with Crippen molar-refractivity contribution in [3.8, 4) is 0 Å². The lowest BCUT2D eigenvalue weighted by Crippen LogP contribution is -2.37. The molecule has 2 N–H and O–H groups in total. The number of pyridine rings is 1. The van der Waals surface area contributed by atoms with E-state index in [1.54, 1.807) is 31.3 Å². The number of aromatic nitrogens is 1. The standard InChI is InChI=1S/C25H32ClN5O3/c1-17(2)18-7-5-8-19(13-18)23-28-24(30(4)16-33)22(25(34)29(3)11-6-12-32)31(23)15-21-10-9-20(26)14-27-21/h5,7-10,13-14,16-17,23,28,32H,6,11-12,15H2,1-4H3. The van der Waals surface area contributed by atoms with E-state index in [4.69, 9.17) is 11.6 Å². The maximum Gasteiger partial charge on any atom is 0.273 e. The molecule has 1 aliphatic rings. The van der Waals surface area contributed by atoms with E-state index in [1.165, 1.54) is 10.5 Å². The molecule has 0 radical (unpaired) electrons. The first kappa shape index (κ1) is 25.5. The maximum absolute atomic E-state index is 13.6. The highest BCUT2D eigenvalue weighted by Crippen LogP contribution is 2.35. The summed E-state index contributed by atoms with van der Waals surface area (Å²) < 4.78 is 0. The molecule has 1 unspecified atom stereocenters. The first-order chi connectivity index (χ1) is 16.3. The fourth-order valence-corrected chi connectivity index (χ4v) is 3.98. The van der Waals surface area contributed by atoms with Crippen molar-refractivity contribution in [2.24, 2.45) is 0 Å². The smallest absolute Gasteiger partial charge is 0.273 e. The van der Waals surface area contributed by atoms with Gasteiger partial charge in [0.2, 0.25) is 6.41 Å². The minimum absolute atomic E-state index is 0.0148. The third-order valence-corrected chi connectivity index (χ3v) is 6.05. The number of halogens is 1. The van der Waals surface area contributed by atoms with Crippen molar-refractivity contribution >= 4 is 23.9 Å². The highest BCUT2D eigenvalue weighted by molar-refractivity contribution is 6.30. The summed E-state index contributed by atoms with van der Waals surface area (Å²) >= 11 is 6.03. The molecule has 8 nitrogen and oxygen atoms in total. The number of nitrogens with one attached hydrogen (secondary N) is 1. The van der Waals surface area contributed by atoms with Gasteiger partial charge in [-0.1, -0.05) is 49.7 Å². The number of hydrogen-bond acceptors (Lipinski definition) is 6. The number of hydrogen-bond donors (Lipinski definition) is 2. The summed E-state index contributed by atoms with van der Waals surface area (Å²) in [6, 6.07) is 11.8. The van der Waals surface area contributed by atoms with Gasteiger partial charge in [-0.05, 0) is 35.6 Å². The summed E-state index contributed by atoms with van der Waals surface area (Å²) in [5, 5.41) is 13.2. The Morgan fingerprint density at radius 1 is 1.29 bits per heavy atom.